The van der Waals surface area contributed by atoms with E-state index in [0.717, 1.165) is 6.42 Å². The number of hydrogen-bond donors (Lipinski definition) is 1. The lowest BCUT2D eigenvalue weighted by Gasteiger charge is -2.38. The van der Waals surface area contributed by atoms with E-state index < -0.39 is 30.8 Å². The first-order valence-electron chi connectivity index (χ1n) is 6.58. The average Bonchev–Trinajstić information content (AvgIpc) is 2.34. The molecule has 0 radical (unpaired) electrons. The lowest BCUT2D eigenvalue weighted by Crippen LogP contribution is -2.52. The number of nitrogens with zero attached hydrogens (tertiary/aromatic N) is 2. The molecule has 0 aromatic heterocycles. The second kappa shape index (κ2) is 6.81. The highest BCUT2D eigenvalue weighted by molar-refractivity contribution is 5.76. The van der Waals surface area contributed by atoms with E-state index in [0.29, 0.717) is 24.3 Å². The predicted octanol–water partition coefficient (Wildman–Crippen LogP) is 2.32. The number of alkyl halides is 3. The lowest BCUT2D eigenvalue weighted by molar-refractivity contribution is -0.143. The fraction of sp³-hybridized carbons (Fsp3) is 0.833. The number of carbonyl (C=O) groups is 2. The average molecular weight is 296 g/mol. The molecule has 0 bridgehead atoms. The van der Waals surface area contributed by atoms with Crippen molar-refractivity contribution >= 4 is 12.0 Å². The van der Waals surface area contributed by atoms with Crippen LogP contribution in [-0.4, -0.2) is 58.8 Å². The van der Waals surface area contributed by atoms with E-state index in [1.807, 2.05) is 0 Å². The van der Waals surface area contributed by atoms with Gasteiger partial charge in [0.25, 0.3) is 0 Å². The van der Waals surface area contributed by atoms with Crippen molar-refractivity contribution in [3.63, 3.8) is 0 Å². The molecule has 1 heterocycles. The second-order valence-electron chi connectivity index (χ2n) is 4.85. The third-order valence-corrected chi connectivity index (χ3v) is 3.31. The third-order valence-electron chi connectivity index (χ3n) is 3.31. The number of carbonyl (C=O) groups excluding carboxylic acids is 1. The molecule has 1 rings (SSSR count). The number of piperidine rings is 1. The van der Waals surface area contributed by atoms with Crippen LogP contribution in [0.15, 0.2) is 0 Å². The van der Waals surface area contributed by atoms with Gasteiger partial charge in [0.1, 0.15) is 6.54 Å². The Hall–Kier alpha value is -1.47. The highest BCUT2D eigenvalue weighted by atomic mass is 19.4. The molecular weight excluding hydrogens is 277 g/mol. The van der Waals surface area contributed by atoms with Gasteiger partial charge in [-0.05, 0) is 26.2 Å². The molecule has 1 fully saturated rings. The summed E-state index contributed by atoms with van der Waals surface area (Å²) in [6.07, 6.45) is -2.70. The molecular formula is C12H19F3N2O3. The van der Waals surface area contributed by atoms with Gasteiger partial charge in [0.15, 0.2) is 0 Å². The van der Waals surface area contributed by atoms with E-state index in [-0.39, 0.29) is 13.0 Å². The molecule has 0 saturated carbocycles. The molecule has 0 spiro atoms. The summed E-state index contributed by atoms with van der Waals surface area (Å²) in [4.78, 5) is 24.9. The van der Waals surface area contributed by atoms with Crippen molar-refractivity contribution in [2.75, 3.05) is 19.6 Å². The van der Waals surface area contributed by atoms with Crippen LogP contribution in [-0.2, 0) is 4.79 Å². The summed E-state index contributed by atoms with van der Waals surface area (Å²) < 4.78 is 37.3. The maximum Gasteiger partial charge on any atom is 0.406 e. The van der Waals surface area contributed by atoms with Crippen molar-refractivity contribution in [3.05, 3.63) is 0 Å². The number of halogens is 3. The van der Waals surface area contributed by atoms with Crippen molar-refractivity contribution < 1.29 is 27.9 Å². The molecule has 1 atom stereocenters. The normalized spacial score (nSPS) is 19.8. The van der Waals surface area contributed by atoms with Crippen LogP contribution in [0.3, 0.4) is 0 Å². The zero-order chi connectivity index (χ0) is 15.3. The molecule has 0 aliphatic carbocycles. The van der Waals surface area contributed by atoms with Gasteiger partial charge in [-0.15, -0.1) is 0 Å². The third kappa shape index (κ3) is 4.90. The number of carboxylic acids is 1. The SMILES string of the molecule is CCN(CC(F)(F)F)C(=O)N1CCCCC1CC(=O)O. The zero-order valence-electron chi connectivity index (χ0n) is 11.3. The minimum absolute atomic E-state index is 0.0609. The Bertz CT molecular complexity index is 360. The summed E-state index contributed by atoms with van der Waals surface area (Å²) in [7, 11) is 0. The first kappa shape index (κ1) is 16.6. The molecule has 20 heavy (non-hydrogen) atoms. The summed E-state index contributed by atoms with van der Waals surface area (Å²) in [5.41, 5.74) is 0. The lowest BCUT2D eigenvalue weighted by atomic mass is 10.00. The van der Waals surface area contributed by atoms with Crippen LogP contribution >= 0.6 is 0 Å². The van der Waals surface area contributed by atoms with Crippen LogP contribution in [0.1, 0.15) is 32.6 Å². The second-order valence-corrected chi connectivity index (χ2v) is 4.85. The minimum atomic E-state index is -4.45. The molecule has 1 unspecified atom stereocenters. The number of aliphatic carboxylic acids is 1. The van der Waals surface area contributed by atoms with E-state index >= 15 is 0 Å². The molecule has 116 valence electrons. The summed E-state index contributed by atoms with van der Waals surface area (Å²) in [5.74, 6) is -1.05. The molecule has 1 aliphatic heterocycles. The van der Waals surface area contributed by atoms with Gasteiger partial charge in [-0.2, -0.15) is 13.2 Å². The standard InChI is InChI=1S/C12H19F3N2O3/c1-2-16(8-12(13,14)15)11(20)17-6-4-3-5-9(17)7-10(18)19/h9H,2-8H2,1H3,(H,18,19). The van der Waals surface area contributed by atoms with E-state index in [1.54, 1.807) is 0 Å². The monoisotopic (exact) mass is 296 g/mol. The highest BCUT2D eigenvalue weighted by Gasteiger charge is 2.36. The van der Waals surface area contributed by atoms with Crippen LogP contribution in [0.2, 0.25) is 0 Å². The Morgan fingerprint density at radius 2 is 2.00 bits per heavy atom. The van der Waals surface area contributed by atoms with Crippen molar-refractivity contribution in [2.24, 2.45) is 0 Å². The van der Waals surface area contributed by atoms with E-state index in [9.17, 15) is 22.8 Å². The van der Waals surface area contributed by atoms with Crippen molar-refractivity contribution in [3.8, 4) is 0 Å². The number of likely N-dealkylation sites (tertiary alicyclic amines) is 1. The molecule has 2 amide bonds. The summed E-state index contributed by atoms with van der Waals surface area (Å²) in [5, 5.41) is 8.82. The van der Waals surface area contributed by atoms with Crippen LogP contribution in [0.25, 0.3) is 0 Å². The van der Waals surface area contributed by atoms with Gasteiger partial charge in [0, 0.05) is 19.1 Å². The van der Waals surface area contributed by atoms with Crippen LogP contribution in [0, 0.1) is 0 Å². The summed E-state index contributed by atoms with van der Waals surface area (Å²) >= 11 is 0. The summed E-state index contributed by atoms with van der Waals surface area (Å²) in [6.45, 7) is 0.415. The van der Waals surface area contributed by atoms with Crippen LogP contribution in [0.5, 0.6) is 0 Å². The van der Waals surface area contributed by atoms with Gasteiger partial charge in [-0.25, -0.2) is 4.79 Å². The van der Waals surface area contributed by atoms with Crippen LogP contribution in [0.4, 0.5) is 18.0 Å². The van der Waals surface area contributed by atoms with Crippen molar-refractivity contribution in [2.45, 2.75) is 44.8 Å². The van der Waals surface area contributed by atoms with Crippen LogP contribution < -0.4 is 0 Å². The molecule has 5 nitrogen and oxygen atoms in total. The maximum absolute atomic E-state index is 12.4. The van der Waals surface area contributed by atoms with Gasteiger partial charge in [-0.3, -0.25) is 4.79 Å². The van der Waals surface area contributed by atoms with Crippen molar-refractivity contribution in [1.29, 1.82) is 0 Å². The zero-order valence-corrected chi connectivity index (χ0v) is 11.3. The van der Waals surface area contributed by atoms with E-state index in [2.05, 4.69) is 0 Å². The van der Waals surface area contributed by atoms with Gasteiger partial charge in [-0.1, -0.05) is 0 Å². The number of hydrogen-bond acceptors (Lipinski definition) is 2. The molecule has 0 aromatic rings. The van der Waals surface area contributed by atoms with Gasteiger partial charge < -0.3 is 14.9 Å². The van der Waals surface area contributed by atoms with Gasteiger partial charge in [0.05, 0.1) is 6.42 Å². The number of urea groups is 1. The Balaban J connectivity index is 2.76. The van der Waals surface area contributed by atoms with E-state index in [4.69, 9.17) is 5.11 Å². The largest absolute Gasteiger partial charge is 0.481 e. The molecule has 0 aromatic carbocycles. The molecule has 8 heteroatoms. The quantitative estimate of drug-likeness (QED) is 0.866. The Kier molecular flexibility index (Phi) is 5.64. The van der Waals surface area contributed by atoms with Gasteiger partial charge in [0.2, 0.25) is 0 Å². The number of carboxylic acid groups (broad SMARTS) is 1. The maximum atomic E-state index is 12.4. The smallest absolute Gasteiger partial charge is 0.406 e. The molecule has 1 saturated heterocycles. The Labute approximate surface area is 115 Å². The highest BCUT2D eigenvalue weighted by Crippen LogP contribution is 2.23. The molecule has 1 aliphatic rings. The first-order valence-corrected chi connectivity index (χ1v) is 6.58. The van der Waals surface area contributed by atoms with E-state index in [1.165, 1.54) is 11.8 Å². The van der Waals surface area contributed by atoms with Crippen molar-refractivity contribution in [1.82, 2.24) is 9.80 Å². The molecule has 1 N–H and O–H groups in total. The number of rotatable bonds is 4. The predicted molar refractivity (Wildman–Crippen MR) is 65.3 cm³/mol. The van der Waals surface area contributed by atoms with Gasteiger partial charge >= 0.3 is 18.2 Å². The fourth-order valence-corrected chi connectivity index (χ4v) is 2.38. The fourth-order valence-electron chi connectivity index (χ4n) is 2.38. The Morgan fingerprint density at radius 1 is 1.35 bits per heavy atom. The number of amides is 2. The first-order chi connectivity index (χ1) is 9.24. The summed E-state index contributed by atoms with van der Waals surface area (Å²) in [6, 6.07) is -1.24. The topological polar surface area (TPSA) is 60.9 Å². The minimum Gasteiger partial charge on any atom is -0.481 e. The Morgan fingerprint density at radius 3 is 2.50 bits per heavy atom.